The number of rotatable bonds is 7. The fourth-order valence-electron chi connectivity index (χ4n) is 2.04. The van der Waals surface area contributed by atoms with Gasteiger partial charge in [-0.25, -0.2) is 4.79 Å². The van der Waals surface area contributed by atoms with Crippen LogP contribution in [0.15, 0.2) is 30.3 Å². The average Bonchev–Trinajstić information content (AvgIpc) is 2.52. The summed E-state index contributed by atoms with van der Waals surface area (Å²) in [6.07, 6.45) is 0.197. The summed E-state index contributed by atoms with van der Waals surface area (Å²) in [6.45, 7) is 5.19. The van der Waals surface area contributed by atoms with E-state index in [1.165, 1.54) is 7.11 Å². The van der Waals surface area contributed by atoms with Crippen LogP contribution in [0.25, 0.3) is 0 Å². The lowest BCUT2D eigenvalue weighted by Crippen LogP contribution is -2.52. The van der Waals surface area contributed by atoms with Crippen molar-refractivity contribution in [3.63, 3.8) is 0 Å². The molecule has 0 bridgehead atoms. The van der Waals surface area contributed by atoms with E-state index in [1.54, 1.807) is 20.8 Å². The molecule has 126 valence electrons. The normalized spacial score (nSPS) is 13.1. The summed E-state index contributed by atoms with van der Waals surface area (Å²) in [7, 11) is 1.27. The van der Waals surface area contributed by atoms with Gasteiger partial charge in [0.05, 0.1) is 13.5 Å². The molecule has 0 saturated heterocycles. The third kappa shape index (κ3) is 6.10. The molecule has 0 fully saturated rings. The van der Waals surface area contributed by atoms with Crippen LogP contribution in [0.4, 0.5) is 0 Å². The van der Waals surface area contributed by atoms with Gasteiger partial charge in [0.2, 0.25) is 11.8 Å². The predicted molar refractivity (Wildman–Crippen MR) is 86.5 cm³/mol. The van der Waals surface area contributed by atoms with Gasteiger partial charge < -0.3 is 15.4 Å². The zero-order valence-electron chi connectivity index (χ0n) is 14.0. The minimum absolute atomic E-state index is 0.112. The van der Waals surface area contributed by atoms with Crippen LogP contribution >= 0.6 is 0 Å². The van der Waals surface area contributed by atoms with Crippen molar-refractivity contribution in [2.24, 2.45) is 5.92 Å². The highest BCUT2D eigenvalue weighted by Crippen LogP contribution is 2.04. The first-order valence-electron chi connectivity index (χ1n) is 7.56. The van der Waals surface area contributed by atoms with Crippen LogP contribution in [0, 0.1) is 5.92 Å². The quantitative estimate of drug-likeness (QED) is 0.736. The standard InChI is InChI=1S/C17H24N2O4/c1-11(2)15(17(22)23-4)19-16(21)12(3)18-14(20)10-13-8-6-5-7-9-13/h5-9,11-12,15H,10H2,1-4H3,(H,18,20)(H,19,21)/t12-,15-/m0/s1. The lowest BCUT2D eigenvalue weighted by Gasteiger charge is -2.22. The topological polar surface area (TPSA) is 84.5 Å². The monoisotopic (exact) mass is 320 g/mol. The Bertz CT molecular complexity index is 543. The summed E-state index contributed by atoms with van der Waals surface area (Å²) >= 11 is 0. The van der Waals surface area contributed by atoms with Gasteiger partial charge in [0.1, 0.15) is 12.1 Å². The summed E-state index contributed by atoms with van der Waals surface area (Å²) in [4.78, 5) is 35.7. The molecular formula is C17H24N2O4. The molecule has 0 unspecified atom stereocenters. The first-order chi connectivity index (χ1) is 10.8. The summed E-state index contributed by atoms with van der Waals surface area (Å²) in [6, 6.07) is 7.78. The Balaban J connectivity index is 2.55. The van der Waals surface area contributed by atoms with Crippen molar-refractivity contribution in [2.45, 2.75) is 39.3 Å². The fourth-order valence-corrected chi connectivity index (χ4v) is 2.04. The highest BCUT2D eigenvalue weighted by molar-refractivity contribution is 5.90. The van der Waals surface area contributed by atoms with Crippen LogP contribution in [-0.4, -0.2) is 37.0 Å². The molecule has 23 heavy (non-hydrogen) atoms. The number of hydrogen-bond donors (Lipinski definition) is 2. The van der Waals surface area contributed by atoms with Gasteiger partial charge in [-0.3, -0.25) is 9.59 Å². The largest absolute Gasteiger partial charge is 0.467 e. The van der Waals surface area contributed by atoms with Crippen LogP contribution in [-0.2, 0) is 25.5 Å². The Morgan fingerprint density at radius 1 is 1.04 bits per heavy atom. The number of carbonyl (C=O) groups excluding carboxylic acids is 3. The van der Waals surface area contributed by atoms with Crippen LogP contribution in [0.5, 0.6) is 0 Å². The molecule has 0 spiro atoms. The molecule has 0 radical (unpaired) electrons. The van der Waals surface area contributed by atoms with E-state index < -0.39 is 24.0 Å². The molecule has 6 heteroatoms. The molecule has 1 aromatic rings. The number of amides is 2. The number of hydrogen-bond acceptors (Lipinski definition) is 4. The lowest BCUT2D eigenvalue weighted by atomic mass is 10.0. The van der Waals surface area contributed by atoms with Gasteiger partial charge in [-0.15, -0.1) is 0 Å². The molecule has 2 amide bonds. The number of carbonyl (C=O) groups is 3. The zero-order valence-corrected chi connectivity index (χ0v) is 14.0. The maximum Gasteiger partial charge on any atom is 0.328 e. The Hall–Kier alpha value is -2.37. The number of esters is 1. The van der Waals surface area contributed by atoms with Crippen molar-refractivity contribution in [1.82, 2.24) is 10.6 Å². The minimum Gasteiger partial charge on any atom is -0.467 e. The second kappa shape index (κ2) is 8.92. The molecule has 0 aliphatic heterocycles. The van der Waals surface area contributed by atoms with Gasteiger partial charge in [0.25, 0.3) is 0 Å². The Labute approximate surface area is 136 Å². The average molecular weight is 320 g/mol. The molecule has 0 aliphatic rings. The summed E-state index contributed by atoms with van der Waals surface area (Å²) in [5.41, 5.74) is 0.868. The van der Waals surface area contributed by atoms with Gasteiger partial charge in [-0.1, -0.05) is 44.2 Å². The Morgan fingerprint density at radius 2 is 1.65 bits per heavy atom. The number of ether oxygens (including phenoxy) is 1. The van der Waals surface area contributed by atoms with E-state index in [9.17, 15) is 14.4 Å². The van der Waals surface area contributed by atoms with Crippen molar-refractivity contribution < 1.29 is 19.1 Å². The van der Waals surface area contributed by atoms with E-state index in [4.69, 9.17) is 0 Å². The lowest BCUT2D eigenvalue weighted by molar-refractivity contribution is -0.146. The van der Waals surface area contributed by atoms with Gasteiger partial charge in [-0.2, -0.15) is 0 Å². The van der Waals surface area contributed by atoms with E-state index in [-0.39, 0.29) is 18.2 Å². The van der Waals surface area contributed by atoms with E-state index in [0.717, 1.165) is 5.56 Å². The number of benzene rings is 1. The molecule has 6 nitrogen and oxygen atoms in total. The molecule has 1 aromatic carbocycles. The van der Waals surface area contributed by atoms with Crippen molar-refractivity contribution in [3.8, 4) is 0 Å². The highest BCUT2D eigenvalue weighted by atomic mass is 16.5. The molecule has 2 atom stereocenters. The fraction of sp³-hybridized carbons (Fsp3) is 0.471. The highest BCUT2D eigenvalue weighted by Gasteiger charge is 2.27. The molecule has 2 N–H and O–H groups in total. The van der Waals surface area contributed by atoms with E-state index in [0.29, 0.717) is 0 Å². The Kier molecular flexibility index (Phi) is 7.25. The van der Waals surface area contributed by atoms with Crippen molar-refractivity contribution in [1.29, 1.82) is 0 Å². The first kappa shape index (κ1) is 18.7. The predicted octanol–water partition coefficient (Wildman–Crippen LogP) is 1.05. The van der Waals surface area contributed by atoms with E-state index in [2.05, 4.69) is 15.4 Å². The second-order valence-electron chi connectivity index (χ2n) is 5.71. The van der Waals surface area contributed by atoms with Gasteiger partial charge >= 0.3 is 5.97 Å². The van der Waals surface area contributed by atoms with Crippen molar-refractivity contribution >= 4 is 17.8 Å². The Morgan fingerprint density at radius 3 is 2.17 bits per heavy atom. The minimum atomic E-state index is -0.739. The molecule has 0 saturated carbocycles. The van der Waals surface area contributed by atoms with Gasteiger partial charge in [0, 0.05) is 0 Å². The van der Waals surface area contributed by atoms with Gasteiger partial charge in [0.15, 0.2) is 0 Å². The summed E-state index contributed by atoms with van der Waals surface area (Å²) in [5.74, 6) is -1.29. The summed E-state index contributed by atoms with van der Waals surface area (Å²) in [5, 5.41) is 5.23. The maximum absolute atomic E-state index is 12.1. The van der Waals surface area contributed by atoms with Gasteiger partial charge in [-0.05, 0) is 18.4 Å². The molecule has 0 aromatic heterocycles. The molecule has 0 heterocycles. The number of nitrogens with one attached hydrogen (secondary N) is 2. The third-order valence-electron chi connectivity index (χ3n) is 3.40. The second-order valence-corrected chi connectivity index (χ2v) is 5.71. The van der Waals surface area contributed by atoms with E-state index in [1.807, 2.05) is 30.3 Å². The molecule has 0 aliphatic carbocycles. The van der Waals surface area contributed by atoms with Crippen molar-refractivity contribution in [2.75, 3.05) is 7.11 Å². The molecular weight excluding hydrogens is 296 g/mol. The molecule has 1 rings (SSSR count). The summed E-state index contributed by atoms with van der Waals surface area (Å²) < 4.78 is 4.67. The first-order valence-corrected chi connectivity index (χ1v) is 7.56. The van der Waals surface area contributed by atoms with Crippen molar-refractivity contribution in [3.05, 3.63) is 35.9 Å². The maximum atomic E-state index is 12.1. The van der Waals surface area contributed by atoms with Crippen LogP contribution in [0.3, 0.4) is 0 Å². The van der Waals surface area contributed by atoms with Crippen LogP contribution in [0.2, 0.25) is 0 Å². The number of methoxy groups -OCH3 is 1. The SMILES string of the molecule is COC(=O)[C@@H](NC(=O)[C@H](C)NC(=O)Cc1ccccc1)C(C)C. The zero-order chi connectivity index (χ0) is 17.4. The van der Waals surface area contributed by atoms with Crippen LogP contribution in [0.1, 0.15) is 26.3 Å². The van der Waals surface area contributed by atoms with Crippen LogP contribution < -0.4 is 10.6 Å². The smallest absolute Gasteiger partial charge is 0.328 e. The third-order valence-corrected chi connectivity index (χ3v) is 3.40. The van der Waals surface area contributed by atoms with E-state index >= 15 is 0 Å².